The average molecular weight is 283 g/mol. The molecule has 0 aliphatic heterocycles. The Morgan fingerprint density at radius 1 is 1.00 bits per heavy atom. The zero-order valence-corrected chi connectivity index (χ0v) is 10.7. The maximum absolute atomic E-state index is 9.90. The van der Waals surface area contributed by atoms with E-state index in [0.29, 0.717) is 13.1 Å². The van der Waals surface area contributed by atoms with Crippen LogP contribution in [0, 0.1) is 0 Å². The van der Waals surface area contributed by atoms with Gasteiger partial charge in [-0.1, -0.05) is 0 Å². The number of aldehydes is 1. The van der Waals surface area contributed by atoms with Crippen molar-refractivity contribution in [1.82, 2.24) is 5.32 Å². The molecule has 0 rings (SSSR count). The average Bonchev–Trinajstić information content (AvgIpc) is 2.45. The molecule has 0 heterocycles. The van der Waals surface area contributed by atoms with E-state index in [1.807, 2.05) is 0 Å². The number of carbonyl (C=O) groups excluding carboxylic acids is 1. The molecule has 0 aromatic heterocycles. The molecule has 10 N–H and O–H groups in total. The smallest absolute Gasteiger partial charge is 0.151 e. The molecular formula is C10H25N3O6. The second kappa shape index (κ2) is 13.8. The monoisotopic (exact) mass is 283 g/mol. The molecule has 0 aromatic rings. The second-order valence-corrected chi connectivity index (χ2v) is 3.69. The molecule has 0 amide bonds. The van der Waals surface area contributed by atoms with Crippen LogP contribution in [0.1, 0.15) is 0 Å². The van der Waals surface area contributed by atoms with Crippen LogP contribution in [0.5, 0.6) is 0 Å². The van der Waals surface area contributed by atoms with Crippen molar-refractivity contribution in [3.63, 3.8) is 0 Å². The molecule has 0 aromatic carbocycles. The van der Waals surface area contributed by atoms with Crippen molar-refractivity contribution >= 4 is 6.29 Å². The minimum atomic E-state index is -1.79. The lowest BCUT2D eigenvalue weighted by atomic mass is 10.0. The first-order chi connectivity index (χ1) is 8.95. The van der Waals surface area contributed by atoms with Gasteiger partial charge in [-0.2, -0.15) is 0 Å². The Hall–Kier alpha value is -0.650. The molecule has 0 fully saturated rings. The van der Waals surface area contributed by atoms with Gasteiger partial charge in [-0.25, -0.2) is 0 Å². The fraction of sp³-hybridized carbons (Fsp3) is 0.900. The van der Waals surface area contributed by atoms with E-state index < -0.39 is 31.0 Å². The lowest BCUT2D eigenvalue weighted by Crippen LogP contribution is -2.46. The first-order valence-electron chi connectivity index (χ1n) is 5.85. The number of rotatable bonds is 9. The van der Waals surface area contributed by atoms with E-state index >= 15 is 0 Å². The largest absolute Gasteiger partial charge is 0.394 e. The molecule has 9 heteroatoms. The molecule has 19 heavy (non-hydrogen) atoms. The number of aliphatic hydroxyl groups is 5. The summed E-state index contributed by atoms with van der Waals surface area (Å²) < 4.78 is 0. The molecule has 0 saturated heterocycles. The molecule has 9 nitrogen and oxygen atoms in total. The predicted octanol–water partition coefficient (Wildman–Crippen LogP) is -4.89. The number of hydrogen-bond acceptors (Lipinski definition) is 9. The summed E-state index contributed by atoms with van der Waals surface area (Å²) in [6, 6.07) is 0. The van der Waals surface area contributed by atoms with Gasteiger partial charge < -0.3 is 47.1 Å². The summed E-state index contributed by atoms with van der Waals surface area (Å²) in [4.78, 5) is 9.90. The minimum Gasteiger partial charge on any atom is -0.394 e. The van der Waals surface area contributed by atoms with Gasteiger partial charge in [-0.3, -0.25) is 0 Å². The zero-order valence-electron chi connectivity index (χ0n) is 10.7. The maximum atomic E-state index is 9.90. The van der Waals surface area contributed by atoms with Crippen molar-refractivity contribution < 1.29 is 30.3 Å². The Morgan fingerprint density at radius 3 is 1.79 bits per heavy atom. The van der Waals surface area contributed by atoms with Gasteiger partial charge in [0.05, 0.1) is 6.61 Å². The summed E-state index contributed by atoms with van der Waals surface area (Å²) in [5, 5.41) is 46.6. The molecule has 0 spiro atoms. The summed E-state index contributed by atoms with van der Waals surface area (Å²) in [5.74, 6) is 0. The van der Waals surface area contributed by atoms with Gasteiger partial charge in [0.25, 0.3) is 0 Å². The predicted molar refractivity (Wildman–Crippen MR) is 68.2 cm³/mol. The van der Waals surface area contributed by atoms with Crippen molar-refractivity contribution in [2.24, 2.45) is 11.5 Å². The third-order valence-electron chi connectivity index (χ3n) is 2.06. The van der Waals surface area contributed by atoms with Crippen LogP contribution in [0.4, 0.5) is 0 Å². The van der Waals surface area contributed by atoms with E-state index in [2.05, 4.69) is 5.32 Å². The van der Waals surface area contributed by atoms with E-state index in [4.69, 9.17) is 37.0 Å². The highest BCUT2D eigenvalue weighted by Gasteiger charge is 2.29. The summed E-state index contributed by atoms with van der Waals surface area (Å²) >= 11 is 0. The van der Waals surface area contributed by atoms with Gasteiger partial charge in [0, 0.05) is 26.2 Å². The molecular weight excluding hydrogens is 258 g/mol. The van der Waals surface area contributed by atoms with Crippen LogP contribution in [-0.2, 0) is 4.79 Å². The summed E-state index contributed by atoms with van der Waals surface area (Å²) in [7, 11) is 0. The van der Waals surface area contributed by atoms with E-state index in [1.54, 1.807) is 0 Å². The highest BCUT2D eigenvalue weighted by atomic mass is 16.4. The van der Waals surface area contributed by atoms with Gasteiger partial charge in [0.1, 0.15) is 24.4 Å². The van der Waals surface area contributed by atoms with Crippen molar-refractivity contribution in [3.8, 4) is 0 Å². The Bertz CT molecular complexity index is 206. The number of aliphatic hydroxyl groups excluding tert-OH is 5. The van der Waals surface area contributed by atoms with Crippen LogP contribution in [0.3, 0.4) is 0 Å². The summed E-state index contributed by atoms with van der Waals surface area (Å²) in [6.07, 6.45) is -6.84. The van der Waals surface area contributed by atoms with E-state index in [0.717, 1.165) is 13.1 Å². The Balaban J connectivity index is 0. The Morgan fingerprint density at radius 2 is 1.47 bits per heavy atom. The van der Waals surface area contributed by atoms with Gasteiger partial charge in [0.2, 0.25) is 0 Å². The van der Waals surface area contributed by atoms with Crippen molar-refractivity contribution in [2.75, 3.05) is 32.8 Å². The molecule has 116 valence electrons. The Kier molecular flexibility index (Phi) is 15.0. The highest BCUT2D eigenvalue weighted by Crippen LogP contribution is 2.02. The molecule has 0 saturated carbocycles. The number of nitrogens with two attached hydrogens (primary N) is 2. The van der Waals surface area contributed by atoms with Crippen LogP contribution < -0.4 is 16.8 Å². The normalized spacial score (nSPS) is 16.8. The maximum Gasteiger partial charge on any atom is 0.151 e. The lowest BCUT2D eigenvalue weighted by molar-refractivity contribution is -0.136. The van der Waals surface area contributed by atoms with Gasteiger partial charge >= 0.3 is 0 Å². The third kappa shape index (κ3) is 10.9. The van der Waals surface area contributed by atoms with Crippen LogP contribution >= 0.6 is 0 Å². The quantitative estimate of drug-likeness (QED) is 0.152. The van der Waals surface area contributed by atoms with Gasteiger partial charge in [0.15, 0.2) is 6.29 Å². The number of carbonyl (C=O) groups is 1. The number of hydrogen-bond donors (Lipinski definition) is 8. The molecule has 0 bridgehead atoms. The van der Waals surface area contributed by atoms with Crippen LogP contribution in [0.25, 0.3) is 0 Å². The fourth-order valence-electron chi connectivity index (χ4n) is 0.947. The van der Waals surface area contributed by atoms with Crippen molar-refractivity contribution in [3.05, 3.63) is 0 Å². The van der Waals surface area contributed by atoms with Gasteiger partial charge in [-0.15, -0.1) is 0 Å². The lowest BCUT2D eigenvalue weighted by Gasteiger charge is -2.22. The minimum absolute atomic E-state index is 0.0258. The van der Waals surface area contributed by atoms with Crippen LogP contribution in [-0.4, -0.2) is 89.0 Å². The summed E-state index contributed by atoms with van der Waals surface area (Å²) in [5.41, 5.74) is 10.3. The molecule has 0 radical (unpaired) electrons. The highest BCUT2D eigenvalue weighted by molar-refractivity contribution is 5.56. The molecule has 0 aliphatic carbocycles. The third-order valence-corrected chi connectivity index (χ3v) is 2.06. The van der Waals surface area contributed by atoms with Crippen LogP contribution in [0.2, 0.25) is 0 Å². The fourth-order valence-corrected chi connectivity index (χ4v) is 0.947. The molecule has 4 atom stereocenters. The standard InChI is InChI=1S/C6H12O6.C4H13N3/c7-1-3(9)5(11)6(12)4(10)2-8;5-1-3-7-4-2-6/h1,3-6,8-12H,2H2;7H,1-6H2/t3-,4+,5+,6+;/m0./s1. The first kappa shape index (κ1) is 20.7. The van der Waals surface area contributed by atoms with E-state index in [1.165, 1.54) is 0 Å². The summed E-state index contributed by atoms with van der Waals surface area (Å²) in [6.45, 7) is 2.37. The van der Waals surface area contributed by atoms with Crippen LogP contribution in [0.15, 0.2) is 0 Å². The van der Waals surface area contributed by atoms with E-state index in [-0.39, 0.29) is 6.29 Å². The zero-order chi connectivity index (χ0) is 15.3. The topological polar surface area (TPSA) is 182 Å². The van der Waals surface area contributed by atoms with Crippen molar-refractivity contribution in [1.29, 1.82) is 0 Å². The first-order valence-corrected chi connectivity index (χ1v) is 5.85. The SMILES string of the molecule is NCCNCCN.O=C[C@H](O)[C@@H](O)[C@H](O)[C@H](O)CO. The molecule has 0 aliphatic rings. The van der Waals surface area contributed by atoms with E-state index in [9.17, 15) is 4.79 Å². The number of nitrogens with one attached hydrogen (secondary N) is 1. The second-order valence-electron chi connectivity index (χ2n) is 3.69. The Labute approximate surface area is 111 Å². The van der Waals surface area contributed by atoms with Crippen molar-refractivity contribution in [2.45, 2.75) is 24.4 Å². The van der Waals surface area contributed by atoms with Gasteiger partial charge in [-0.05, 0) is 0 Å². The molecule has 0 unspecified atom stereocenters.